The van der Waals surface area contributed by atoms with E-state index in [9.17, 15) is 9.18 Å². The van der Waals surface area contributed by atoms with Gasteiger partial charge in [-0.05, 0) is 48.4 Å². The number of carbonyl (C=O) groups is 1. The van der Waals surface area contributed by atoms with Gasteiger partial charge in [-0.15, -0.1) is 11.3 Å². The van der Waals surface area contributed by atoms with E-state index in [1.807, 2.05) is 30.0 Å². The van der Waals surface area contributed by atoms with Gasteiger partial charge < -0.3 is 10.2 Å². The number of fused-ring (bicyclic) bond motifs is 1. The number of rotatable bonds is 4. The molecule has 0 aliphatic carbocycles. The minimum absolute atomic E-state index is 0.000554. The van der Waals surface area contributed by atoms with Crippen molar-refractivity contribution in [3.8, 4) is 0 Å². The van der Waals surface area contributed by atoms with Gasteiger partial charge in [0.25, 0.3) is 5.91 Å². The Hall–Kier alpha value is -1.93. The summed E-state index contributed by atoms with van der Waals surface area (Å²) in [5, 5.41) is 3.54. The number of benzene rings is 2. The lowest BCUT2D eigenvalue weighted by molar-refractivity contribution is 0.0669. The third-order valence-electron chi connectivity index (χ3n) is 4.70. The van der Waals surface area contributed by atoms with E-state index in [0.717, 1.165) is 26.1 Å². The van der Waals surface area contributed by atoms with E-state index in [4.69, 9.17) is 0 Å². The van der Waals surface area contributed by atoms with Crippen LogP contribution in [0.1, 0.15) is 37.4 Å². The van der Waals surface area contributed by atoms with Crippen LogP contribution in [-0.4, -0.2) is 10.8 Å². The summed E-state index contributed by atoms with van der Waals surface area (Å²) in [5.74, 6) is -0.273. The van der Waals surface area contributed by atoms with Gasteiger partial charge in [-0.2, -0.15) is 0 Å². The van der Waals surface area contributed by atoms with Gasteiger partial charge in [0, 0.05) is 26.4 Å². The van der Waals surface area contributed by atoms with E-state index in [1.54, 1.807) is 23.5 Å². The van der Waals surface area contributed by atoms with Crippen molar-refractivity contribution in [3.05, 3.63) is 86.9 Å². The number of alkyl halides is 1. The lowest BCUT2D eigenvalue weighted by Crippen LogP contribution is -2.42. The summed E-state index contributed by atoms with van der Waals surface area (Å²) in [7, 11) is 0. The monoisotopic (exact) mass is 492 g/mol. The van der Waals surface area contributed by atoms with Crippen LogP contribution >= 0.6 is 33.9 Å². The first-order valence-corrected chi connectivity index (χ1v) is 11.0. The zero-order valence-corrected chi connectivity index (χ0v) is 17.7. The number of nitrogens with zero attached hydrogens (tertiary/aromatic N) is 1. The Morgan fingerprint density at radius 2 is 1.93 bits per heavy atom. The van der Waals surface area contributed by atoms with Crippen LogP contribution in [0.15, 0.2) is 54.6 Å². The quantitative estimate of drug-likeness (QED) is 0.364. The third kappa shape index (κ3) is 3.60. The number of anilines is 1. The Labute approximate surface area is 175 Å². The molecule has 0 bridgehead atoms. The van der Waals surface area contributed by atoms with Gasteiger partial charge in [0.2, 0.25) is 0 Å². The number of carbonyl (C=O) groups excluding carboxylic acids is 1. The molecule has 1 unspecified atom stereocenters. The van der Waals surface area contributed by atoms with Gasteiger partial charge in [0.05, 0.1) is 5.56 Å². The Kier molecular flexibility index (Phi) is 5.19. The average molecular weight is 492 g/mol. The average Bonchev–Trinajstić information content (AvgIpc) is 3.14. The standard InChI is InChI=1S/C21H18FIN2OS/c1-13-3-2-4-17-19(13)21(26)25(12-14-5-7-15(22)8-6-14)20(24-17)18-10-9-16(11-23)27-18/h2-10,20,24H,11-12H2,1H3. The third-order valence-corrected chi connectivity index (χ3v) is 7.18. The van der Waals surface area contributed by atoms with E-state index >= 15 is 0 Å². The molecular formula is C21H18FIN2OS. The van der Waals surface area contributed by atoms with Gasteiger partial charge >= 0.3 is 0 Å². The maximum absolute atomic E-state index is 13.4. The largest absolute Gasteiger partial charge is 0.360 e. The van der Waals surface area contributed by atoms with Crippen LogP contribution in [0.4, 0.5) is 10.1 Å². The summed E-state index contributed by atoms with van der Waals surface area (Å²) < 4.78 is 14.2. The van der Waals surface area contributed by atoms with Crippen molar-refractivity contribution < 1.29 is 9.18 Å². The Morgan fingerprint density at radius 1 is 1.15 bits per heavy atom. The Morgan fingerprint density at radius 3 is 2.63 bits per heavy atom. The molecule has 0 saturated heterocycles. The summed E-state index contributed by atoms with van der Waals surface area (Å²) in [6, 6.07) is 16.4. The van der Waals surface area contributed by atoms with E-state index in [1.165, 1.54) is 17.0 Å². The van der Waals surface area contributed by atoms with Crippen LogP contribution < -0.4 is 5.32 Å². The zero-order valence-electron chi connectivity index (χ0n) is 14.7. The fourth-order valence-electron chi connectivity index (χ4n) is 3.35. The molecule has 27 heavy (non-hydrogen) atoms. The number of hydrogen-bond donors (Lipinski definition) is 1. The van der Waals surface area contributed by atoms with Crippen LogP contribution in [0.3, 0.4) is 0 Å². The number of hydrogen-bond acceptors (Lipinski definition) is 3. The van der Waals surface area contributed by atoms with Crippen molar-refractivity contribution in [1.29, 1.82) is 0 Å². The molecule has 0 spiro atoms. The molecule has 1 amide bonds. The van der Waals surface area contributed by atoms with E-state index in [2.05, 4.69) is 40.0 Å². The van der Waals surface area contributed by atoms with Crippen LogP contribution in [0.25, 0.3) is 0 Å². The topological polar surface area (TPSA) is 32.3 Å². The second kappa shape index (κ2) is 7.59. The first-order valence-electron chi connectivity index (χ1n) is 8.63. The Bertz CT molecular complexity index is 986. The molecule has 4 rings (SSSR count). The minimum atomic E-state index is -0.274. The predicted octanol–water partition coefficient (Wildman–Crippen LogP) is 5.90. The smallest absolute Gasteiger partial charge is 0.258 e. The molecule has 0 saturated carbocycles. The molecule has 1 aliphatic heterocycles. The van der Waals surface area contributed by atoms with Gasteiger partial charge in [-0.25, -0.2) is 4.39 Å². The molecule has 1 aliphatic rings. The van der Waals surface area contributed by atoms with Gasteiger partial charge in [0.15, 0.2) is 0 Å². The maximum atomic E-state index is 13.4. The highest BCUT2D eigenvalue weighted by Gasteiger charge is 2.34. The van der Waals surface area contributed by atoms with Crippen LogP contribution in [-0.2, 0) is 11.0 Å². The van der Waals surface area contributed by atoms with Gasteiger partial charge in [0.1, 0.15) is 12.0 Å². The number of nitrogens with one attached hydrogen (secondary N) is 1. The van der Waals surface area contributed by atoms with Gasteiger partial charge in [-0.3, -0.25) is 4.79 Å². The van der Waals surface area contributed by atoms with Crippen molar-refractivity contribution in [2.45, 2.75) is 24.1 Å². The van der Waals surface area contributed by atoms with E-state index in [0.29, 0.717) is 12.1 Å². The second-order valence-electron chi connectivity index (χ2n) is 6.54. The molecule has 1 N–H and O–H groups in total. The predicted molar refractivity (Wildman–Crippen MR) is 116 cm³/mol. The van der Waals surface area contributed by atoms with Crippen molar-refractivity contribution >= 4 is 45.5 Å². The maximum Gasteiger partial charge on any atom is 0.258 e. The summed E-state index contributed by atoms with van der Waals surface area (Å²) in [4.78, 5) is 17.6. The Balaban J connectivity index is 1.76. The lowest BCUT2D eigenvalue weighted by atomic mass is 10.0. The summed E-state index contributed by atoms with van der Waals surface area (Å²) >= 11 is 4.06. The molecule has 3 nitrogen and oxygen atoms in total. The fourth-order valence-corrected chi connectivity index (χ4v) is 4.99. The molecule has 6 heteroatoms. The molecule has 0 radical (unpaired) electrons. The highest BCUT2D eigenvalue weighted by atomic mass is 127. The molecule has 2 aromatic carbocycles. The molecular weight excluding hydrogens is 474 g/mol. The molecule has 2 heterocycles. The zero-order chi connectivity index (χ0) is 19.0. The number of thiophene rings is 1. The number of aryl methyl sites for hydroxylation is 1. The van der Waals surface area contributed by atoms with Gasteiger partial charge in [-0.1, -0.05) is 46.9 Å². The molecule has 138 valence electrons. The minimum Gasteiger partial charge on any atom is -0.360 e. The second-order valence-corrected chi connectivity index (χ2v) is 8.50. The first kappa shape index (κ1) is 18.4. The lowest BCUT2D eigenvalue weighted by Gasteiger charge is -2.38. The SMILES string of the molecule is Cc1cccc2c1C(=O)N(Cc1ccc(F)cc1)C(c1ccc(CI)s1)N2. The highest BCUT2D eigenvalue weighted by molar-refractivity contribution is 14.1. The van der Waals surface area contributed by atoms with Crippen LogP contribution in [0.2, 0.25) is 0 Å². The molecule has 1 aromatic heterocycles. The molecule has 1 atom stereocenters. The first-order chi connectivity index (χ1) is 13.1. The van der Waals surface area contributed by atoms with Crippen molar-refractivity contribution in [1.82, 2.24) is 4.90 Å². The van der Waals surface area contributed by atoms with Crippen LogP contribution in [0.5, 0.6) is 0 Å². The summed E-state index contributed by atoms with van der Waals surface area (Å²) in [6.45, 7) is 2.37. The van der Waals surface area contributed by atoms with E-state index in [-0.39, 0.29) is 17.9 Å². The number of amides is 1. The fraction of sp³-hybridized carbons (Fsp3) is 0.190. The molecule has 0 fully saturated rings. The molecule has 3 aromatic rings. The highest BCUT2D eigenvalue weighted by Crippen LogP contribution is 2.38. The normalized spacial score (nSPS) is 16.2. The van der Waals surface area contributed by atoms with Crippen molar-refractivity contribution in [2.24, 2.45) is 0 Å². The van der Waals surface area contributed by atoms with Crippen molar-refractivity contribution in [2.75, 3.05) is 5.32 Å². The van der Waals surface area contributed by atoms with Crippen LogP contribution in [0, 0.1) is 12.7 Å². The van der Waals surface area contributed by atoms with Crippen molar-refractivity contribution in [3.63, 3.8) is 0 Å². The number of halogens is 2. The van der Waals surface area contributed by atoms with E-state index < -0.39 is 0 Å². The summed E-state index contributed by atoms with van der Waals surface area (Å²) in [5.41, 5.74) is 3.43. The summed E-state index contributed by atoms with van der Waals surface area (Å²) in [6.07, 6.45) is -0.237.